The Hall–Kier alpha value is -4.06. The van der Waals surface area contributed by atoms with Gasteiger partial charge in [-0.1, -0.05) is 20.8 Å². The monoisotopic (exact) mass is 708 g/mol. The van der Waals surface area contributed by atoms with E-state index in [1.54, 1.807) is 20.8 Å². The molecule has 4 heterocycles. The van der Waals surface area contributed by atoms with Crippen molar-refractivity contribution in [3.63, 3.8) is 0 Å². The van der Waals surface area contributed by atoms with E-state index in [0.717, 1.165) is 9.80 Å². The van der Waals surface area contributed by atoms with E-state index in [1.807, 2.05) is 0 Å². The number of thioether (sulfide) groups is 2. The van der Waals surface area contributed by atoms with Gasteiger partial charge < -0.3 is 30.3 Å². The van der Waals surface area contributed by atoms with Gasteiger partial charge in [0.05, 0.1) is 5.41 Å². The highest BCUT2D eigenvalue weighted by Crippen LogP contribution is 2.56. The molecular weight excluding hydrogens is 672 g/mol. The number of carboxylic acids is 2. The van der Waals surface area contributed by atoms with Gasteiger partial charge in [0.2, 0.25) is 11.8 Å². The van der Waals surface area contributed by atoms with Crippen LogP contribution in [0.5, 0.6) is 0 Å². The predicted octanol–water partition coefficient (Wildman–Crippen LogP) is 0.0323. The van der Waals surface area contributed by atoms with Crippen LogP contribution >= 0.6 is 23.5 Å². The van der Waals surface area contributed by atoms with Crippen molar-refractivity contribution < 1.29 is 58.0 Å². The molecule has 0 aromatic heterocycles. The summed E-state index contributed by atoms with van der Waals surface area (Å²) in [5.41, 5.74) is -2.08. The zero-order valence-corrected chi connectivity index (χ0v) is 28.5. The second-order valence-electron chi connectivity index (χ2n) is 13.0. The number of amides is 4. The minimum Gasteiger partial charge on any atom is -0.477 e. The lowest BCUT2D eigenvalue weighted by Gasteiger charge is -2.51. The maximum Gasteiger partial charge on any atom is 0.352 e. The maximum atomic E-state index is 13.8. The molecule has 0 bridgehead atoms. The van der Waals surface area contributed by atoms with Crippen molar-refractivity contribution in [1.82, 2.24) is 20.4 Å². The first kappa shape index (κ1) is 35.3. The number of hydrogen-bond acceptors (Lipinski definition) is 12. The fourth-order valence-electron chi connectivity index (χ4n) is 6.89. The molecular formula is C30H36N4O12S2. The smallest absolute Gasteiger partial charge is 0.352 e. The lowest BCUT2D eigenvalue weighted by molar-refractivity contribution is -0.154. The zero-order valence-electron chi connectivity index (χ0n) is 26.8. The van der Waals surface area contributed by atoms with Crippen LogP contribution in [0.4, 0.5) is 0 Å². The number of esters is 2. The molecule has 5 aliphatic rings. The summed E-state index contributed by atoms with van der Waals surface area (Å²) in [6, 6.07) is -2.00. The van der Waals surface area contributed by atoms with Crippen LogP contribution in [0.2, 0.25) is 0 Å². The molecule has 4 aliphatic heterocycles. The fourth-order valence-corrected chi connectivity index (χ4v) is 9.54. The molecule has 260 valence electrons. The third-order valence-electron chi connectivity index (χ3n) is 10.0. The van der Waals surface area contributed by atoms with E-state index < -0.39 is 87.1 Å². The summed E-state index contributed by atoms with van der Waals surface area (Å²) in [6.45, 7) is 7.06. The molecule has 0 spiro atoms. The van der Waals surface area contributed by atoms with Crippen LogP contribution in [0, 0.1) is 16.7 Å². The number of carboxylic acid groups (broad SMARTS) is 2. The molecule has 0 radical (unpaired) electrons. The van der Waals surface area contributed by atoms with E-state index in [-0.39, 0.29) is 53.7 Å². The summed E-state index contributed by atoms with van der Waals surface area (Å²) >= 11 is 2.48. The van der Waals surface area contributed by atoms with E-state index >= 15 is 0 Å². The van der Waals surface area contributed by atoms with E-state index in [1.165, 1.54) is 37.4 Å². The highest BCUT2D eigenvalue weighted by atomic mass is 32.2. The van der Waals surface area contributed by atoms with Crippen LogP contribution in [-0.2, 0) is 47.8 Å². The summed E-state index contributed by atoms with van der Waals surface area (Å²) < 4.78 is 9.90. The molecule has 2 unspecified atom stereocenters. The average molecular weight is 709 g/mol. The third-order valence-corrected chi connectivity index (χ3v) is 12.7. The van der Waals surface area contributed by atoms with Crippen molar-refractivity contribution in [2.45, 2.75) is 70.3 Å². The van der Waals surface area contributed by atoms with Crippen LogP contribution in [0.25, 0.3) is 0 Å². The molecule has 48 heavy (non-hydrogen) atoms. The highest BCUT2D eigenvalue weighted by molar-refractivity contribution is 8.00. The molecule has 5 rings (SSSR count). The Balaban J connectivity index is 1.24. The zero-order chi connectivity index (χ0) is 35.5. The van der Waals surface area contributed by atoms with Gasteiger partial charge in [0.1, 0.15) is 47.4 Å². The summed E-state index contributed by atoms with van der Waals surface area (Å²) in [5.74, 6) is -6.41. The lowest BCUT2D eigenvalue weighted by Crippen LogP contribution is -2.72. The Kier molecular flexibility index (Phi) is 9.37. The van der Waals surface area contributed by atoms with Gasteiger partial charge in [-0.05, 0) is 18.3 Å². The van der Waals surface area contributed by atoms with Crippen LogP contribution < -0.4 is 10.6 Å². The standard InChI is InChI=1S/C30H36N4O12S2/c1-12(35)45-8-14-10-47-24-17(22(38)33(24)19(14)26(40)41)31-21(37)16-6-7-30(5,29(16,3)4)28(44)32-18-23(39)34-20(27(42)43)15(9-46-13(2)36)11-48-25(18)34/h16-18,24-25H,6-11H2,1-5H3,(H,31,37)(H,32,44)(H,40,41)(H,42,43)/t16?,17-,18-,24-,25-,30?/m1/s1. The second kappa shape index (κ2) is 12.8. The van der Waals surface area contributed by atoms with Gasteiger partial charge in [0.25, 0.3) is 11.8 Å². The van der Waals surface area contributed by atoms with Gasteiger partial charge in [-0.3, -0.25) is 38.6 Å². The average Bonchev–Trinajstić information content (AvgIpc) is 3.27. The molecule has 18 heteroatoms. The second-order valence-corrected chi connectivity index (χ2v) is 15.2. The molecule has 0 aromatic rings. The van der Waals surface area contributed by atoms with Crippen molar-refractivity contribution in [3.8, 4) is 0 Å². The molecule has 4 N–H and O–H groups in total. The number of ether oxygens (including phenoxy) is 2. The topological polar surface area (TPSA) is 226 Å². The molecule has 16 nitrogen and oxygen atoms in total. The van der Waals surface area contributed by atoms with Gasteiger partial charge in [-0.15, -0.1) is 23.5 Å². The van der Waals surface area contributed by atoms with Crippen LogP contribution in [0.3, 0.4) is 0 Å². The quantitative estimate of drug-likeness (QED) is 0.174. The molecule has 6 atom stereocenters. The first-order chi connectivity index (χ1) is 22.4. The van der Waals surface area contributed by atoms with E-state index in [0.29, 0.717) is 6.42 Å². The fraction of sp³-hybridized carbons (Fsp3) is 0.600. The molecule has 3 fully saturated rings. The molecule has 0 aromatic carbocycles. The molecule has 1 aliphatic carbocycles. The van der Waals surface area contributed by atoms with Gasteiger partial charge in [-0.2, -0.15) is 0 Å². The number of carbonyl (C=O) groups excluding carboxylic acids is 6. The molecule has 2 saturated heterocycles. The number of fused-ring (bicyclic) bond motifs is 2. The van der Waals surface area contributed by atoms with E-state index in [9.17, 15) is 48.6 Å². The minimum atomic E-state index is -1.35. The van der Waals surface area contributed by atoms with Crippen LogP contribution in [0.15, 0.2) is 22.5 Å². The van der Waals surface area contributed by atoms with Crippen molar-refractivity contribution >= 4 is 71.0 Å². The Morgan fingerprint density at radius 2 is 1.23 bits per heavy atom. The highest BCUT2D eigenvalue weighted by Gasteiger charge is 2.62. The molecule has 4 amide bonds. The SMILES string of the molecule is CC(=O)OCC1=C(C(=O)O)N2C(=O)[C@@H](NC(=O)C3CCC(C)(C(=O)N[C@@H]4C(=O)N5C(C(=O)O)=C(COC(C)=O)CS[C@H]45)C3(C)C)[C@H]2SC1. The number of rotatable bonds is 10. The van der Waals surface area contributed by atoms with Crippen molar-refractivity contribution in [3.05, 3.63) is 22.5 Å². The van der Waals surface area contributed by atoms with Gasteiger partial charge in [0.15, 0.2) is 0 Å². The summed E-state index contributed by atoms with van der Waals surface area (Å²) in [6.07, 6.45) is 0.583. The number of nitrogens with zero attached hydrogens (tertiary/aromatic N) is 2. The van der Waals surface area contributed by atoms with Crippen molar-refractivity contribution in [2.75, 3.05) is 24.7 Å². The first-order valence-electron chi connectivity index (χ1n) is 15.1. The number of hydrogen-bond donors (Lipinski definition) is 4. The lowest BCUT2D eigenvalue weighted by atomic mass is 9.64. The normalized spacial score (nSPS) is 30.4. The van der Waals surface area contributed by atoms with Crippen LogP contribution in [-0.4, -0.2) is 115 Å². The first-order valence-corrected chi connectivity index (χ1v) is 17.2. The van der Waals surface area contributed by atoms with Crippen LogP contribution in [0.1, 0.15) is 47.5 Å². The number of aliphatic carboxylic acids is 2. The third kappa shape index (κ3) is 5.71. The maximum absolute atomic E-state index is 13.8. The summed E-state index contributed by atoms with van der Waals surface area (Å²) in [5, 5.41) is 23.8. The summed E-state index contributed by atoms with van der Waals surface area (Å²) in [7, 11) is 0. The minimum absolute atomic E-state index is 0.175. The van der Waals surface area contributed by atoms with Gasteiger partial charge >= 0.3 is 23.9 Å². The Morgan fingerprint density at radius 3 is 1.65 bits per heavy atom. The Labute approximate surface area is 283 Å². The number of nitrogens with one attached hydrogen (secondary N) is 2. The molecule has 1 saturated carbocycles. The van der Waals surface area contributed by atoms with Gasteiger partial charge in [-0.25, -0.2) is 9.59 Å². The number of β-lactam (4-membered cyclic amide) rings is 2. The Morgan fingerprint density at radius 1 is 0.792 bits per heavy atom. The predicted molar refractivity (Wildman–Crippen MR) is 167 cm³/mol. The van der Waals surface area contributed by atoms with Crippen molar-refractivity contribution in [1.29, 1.82) is 0 Å². The van der Waals surface area contributed by atoms with Crippen molar-refractivity contribution in [2.24, 2.45) is 16.7 Å². The van der Waals surface area contributed by atoms with E-state index in [2.05, 4.69) is 10.6 Å². The number of carbonyl (C=O) groups is 8. The Bertz CT molecular complexity index is 1590. The van der Waals surface area contributed by atoms with E-state index in [4.69, 9.17) is 9.47 Å². The summed E-state index contributed by atoms with van der Waals surface area (Å²) in [4.78, 5) is 102. The largest absolute Gasteiger partial charge is 0.477 e. The van der Waals surface area contributed by atoms with Gasteiger partial charge in [0, 0.05) is 42.4 Å².